The minimum atomic E-state index is -0.380. The summed E-state index contributed by atoms with van der Waals surface area (Å²) < 4.78 is 5.11. The van der Waals surface area contributed by atoms with Gasteiger partial charge in [0.15, 0.2) is 5.65 Å². The van der Waals surface area contributed by atoms with Crippen molar-refractivity contribution >= 4 is 33.7 Å². The van der Waals surface area contributed by atoms with Crippen LogP contribution >= 0.6 is 11.6 Å². The molecule has 4 rings (SSSR count). The number of halogens is 1. The molecule has 0 aliphatic heterocycles. The van der Waals surface area contributed by atoms with Crippen molar-refractivity contribution in [3.05, 3.63) is 52.4 Å². The predicted molar refractivity (Wildman–Crippen MR) is 78.2 cm³/mol. The molecule has 0 saturated carbocycles. The number of fused-ring (bicyclic) bond motifs is 2. The van der Waals surface area contributed by atoms with E-state index < -0.39 is 0 Å². The van der Waals surface area contributed by atoms with Crippen LogP contribution < -0.4 is 5.63 Å². The standard InChI is InChI=1S/C14H7ClN4O2/c15-14-18-11(12-13(19-14)17-6-16-12)8-1-3-9-7(5-8)2-4-10(20)21-9/h1-6H,(H,16,17,18,19). The van der Waals surface area contributed by atoms with Gasteiger partial charge in [0.25, 0.3) is 0 Å². The number of aromatic nitrogens is 4. The zero-order valence-corrected chi connectivity index (χ0v) is 11.3. The summed E-state index contributed by atoms with van der Waals surface area (Å²) in [5.41, 5.74) is 2.79. The number of hydrogen-bond acceptors (Lipinski definition) is 5. The maximum atomic E-state index is 11.2. The van der Waals surface area contributed by atoms with E-state index in [9.17, 15) is 4.79 Å². The van der Waals surface area contributed by atoms with Crippen molar-refractivity contribution in [3.8, 4) is 11.3 Å². The average Bonchev–Trinajstić information content (AvgIpc) is 2.94. The van der Waals surface area contributed by atoms with Gasteiger partial charge < -0.3 is 9.40 Å². The van der Waals surface area contributed by atoms with Crippen LogP contribution in [0.25, 0.3) is 33.4 Å². The minimum Gasteiger partial charge on any atom is -0.423 e. The summed E-state index contributed by atoms with van der Waals surface area (Å²) in [6.07, 6.45) is 1.54. The molecule has 0 fully saturated rings. The Morgan fingerprint density at radius 1 is 1.14 bits per heavy atom. The molecule has 0 unspecified atom stereocenters. The quantitative estimate of drug-likeness (QED) is 0.431. The number of hydrogen-bond donors (Lipinski definition) is 1. The van der Waals surface area contributed by atoms with Gasteiger partial charge in [-0.05, 0) is 35.9 Å². The van der Waals surface area contributed by atoms with Crippen LogP contribution in [0.3, 0.4) is 0 Å². The lowest BCUT2D eigenvalue weighted by atomic mass is 10.1. The SMILES string of the molecule is O=c1ccc2cc(-c3nc(Cl)nc4[nH]cnc34)ccc2o1. The van der Waals surface area contributed by atoms with Crippen molar-refractivity contribution < 1.29 is 4.42 Å². The second-order valence-electron chi connectivity index (χ2n) is 4.45. The number of H-pyrrole nitrogens is 1. The highest BCUT2D eigenvalue weighted by molar-refractivity contribution is 6.28. The minimum absolute atomic E-state index is 0.140. The molecular weight excluding hydrogens is 292 g/mol. The molecule has 0 aliphatic carbocycles. The van der Waals surface area contributed by atoms with E-state index in [4.69, 9.17) is 16.0 Å². The van der Waals surface area contributed by atoms with Gasteiger partial charge in [0.05, 0.1) is 6.33 Å². The molecule has 0 bridgehead atoms. The largest absolute Gasteiger partial charge is 0.423 e. The molecule has 0 aliphatic rings. The van der Waals surface area contributed by atoms with Crippen molar-refractivity contribution in [1.29, 1.82) is 0 Å². The van der Waals surface area contributed by atoms with E-state index in [0.717, 1.165) is 10.9 Å². The Kier molecular flexibility index (Phi) is 2.52. The van der Waals surface area contributed by atoms with Crippen LogP contribution in [0.2, 0.25) is 5.28 Å². The van der Waals surface area contributed by atoms with Gasteiger partial charge >= 0.3 is 5.63 Å². The van der Waals surface area contributed by atoms with Crippen LogP contribution in [0.5, 0.6) is 0 Å². The summed E-state index contributed by atoms with van der Waals surface area (Å²) in [7, 11) is 0. The lowest BCUT2D eigenvalue weighted by Crippen LogP contribution is -1.95. The highest BCUT2D eigenvalue weighted by Crippen LogP contribution is 2.27. The number of benzene rings is 1. The lowest BCUT2D eigenvalue weighted by Gasteiger charge is -2.04. The Bertz CT molecular complexity index is 1040. The molecule has 0 saturated heterocycles. The van der Waals surface area contributed by atoms with Gasteiger partial charge in [-0.1, -0.05) is 0 Å². The van der Waals surface area contributed by atoms with Crippen LogP contribution in [0.4, 0.5) is 0 Å². The molecule has 21 heavy (non-hydrogen) atoms. The van der Waals surface area contributed by atoms with Gasteiger partial charge in [0.1, 0.15) is 16.8 Å². The number of rotatable bonds is 1. The topological polar surface area (TPSA) is 84.7 Å². The van der Waals surface area contributed by atoms with E-state index in [1.807, 2.05) is 6.07 Å². The van der Waals surface area contributed by atoms with Gasteiger partial charge in [-0.15, -0.1) is 0 Å². The van der Waals surface area contributed by atoms with Gasteiger partial charge in [-0.25, -0.2) is 14.8 Å². The summed E-state index contributed by atoms with van der Waals surface area (Å²) >= 11 is 5.94. The van der Waals surface area contributed by atoms with Crippen LogP contribution in [-0.2, 0) is 0 Å². The third-order valence-electron chi connectivity index (χ3n) is 3.14. The summed E-state index contributed by atoms with van der Waals surface area (Å²) in [4.78, 5) is 26.7. The first kappa shape index (κ1) is 12.0. The lowest BCUT2D eigenvalue weighted by molar-refractivity contribution is 0.561. The second kappa shape index (κ2) is 4.39. The molecule has 6 nitrogen and oxygen atoms in total. The molecule has 0 radical (unpaired) electrons. The highest BCUT2D eigenvalue weighted by Gasteiger charge is 2.12. The van der Waals surface area contributed by atoms with Crippen molar-refractivity contribution in [2.45, 2.75) is 0 Å². The maximum absolute atomic E-state index is 11.2. The van der Waals surface area contributed by atoms with Crippen LogP contribution in [0.15, 0.2) is 45.9 Å². The predicted octanol–water partition coefficient (Wildman–Crippen LogP) is 2.78. The molecule has 0 amide bonds. The Hall–Kier alpha value is -2.73. The Morgan fingerprint density at radius 2 is 2.05 bits per heavy atom. The Labute approximate surface area is 122 Å². The molecule has 1 N–H and O–H groups in total. The van der Waals surface area contributed by atoms with Crippen LogP contribution in [-0.4, -0.2) is 19.9 Å². The molecule has 7 heteroatoms. The fourth-order valence-electron chi connectivity index (χ4n) is 2.23. The summed E-state index contributed by atoms with van der Waals surface area (Å²) in [6, 6.07) is 8.47. The molecule has 0 atom stereocenters. The van der Waals surface area contributed by atoms with E-state index in [0.29, 0.717) is 22.4 Å². The molecule has 3 aromatic heterocycles. The molecular formula is C14H7ClN4O2. The number of nitrogens with one attached hydrogen (secondary N) is 1. The highest BCUT2D eigenvalue weighted by atomic mass is 35.5. The van der Waals surface area contributed by atoms with Crippen molar-refractivity contribution in [2.75, 3.05) is 0 Å². The van der Waals surface area contributed by atoms with Crippen molar-refractivity contribution in [2.24, 2.45) is 0 Å². The first-order valence-electron chi connectivity index (χ1n) is 6.11. The van der Waals surface area contributed by atoms with Gasteiger partial charge in [-0.2, -0.15) is 4.98 Å². The van der Waals surface area contributed by atoms with E-state index >= 15 is 0 Å². The first-order valence-corrected chi connectivity index (χ1v) is 6.49. The number of imidazole rings is 1. The van der Waals surface area contributed by atoms with Crippen molar-refractivity contribution in [3.63, 3.8) is 0 Å². The van der Waals surface area contributed by atoms with Crippen LogP contribution in [0.1, 0.15) is 0 Å². The second-order valence-corrected chi connectivity index (χ2v) is 4.79. The van der Waals surface area contributed by atoms with E-state index in [2.05, 4.69) is 19.9 Å². The van der Waals surface area contributed by atoms with Gasteiger partial charge in [0.2, 0.25) is 5.28 Å². The summed E-state index contributed by atoms with van der Waals surface area (Å²) in [6.45, 7) is 0. The monoisotopic (exact) mass is 298 g/mol. The third kappa shape index (κ3) is 1.96. The summed E-state index contributed by atoms with van der Waals surface area (Å²) in [5, 5.41) is 0.937. The smallest absolute Gasteiger partial charge is 0.336 e. The zero-order valence-electron chi connectivity index (χ0n) is 10.5. The van der Waals surface area contributed by atoms with Gasteiger partial charge in [0, 0.05) is 17.0 Å². The molecule has 3 heterocycles. The van der Waals surface area contributed by atoms with E-state index in [1.54, 1.807) is 24.5 Å². The molecule has 102 valence electrons. The maximum Gasteiger partial charge on any atom is 0.336 e. The fraction of sp³-hybridized carbons (Fsp3) is 0. The molecule has 0 spiro atoms. The average molecular weight is 299 g/mol. The van der Waals surface area contributed by atoms with Crippen molar-refractivity contribution in [1.82, 2.24) is 19.9 Å². The zero-order chi connectivity index (χ0) is 14.4. The number of aromatic amines is 1. The Balaban J connectivity index is 2.01. The van der Waals surface area contributed by atoms with Gasteiger partial charge in [-0.3, -0.25) is 0 Å². The van der Waals surface area contributed by atoms with E-state index in [1.165, 1.54) is 6.07 Å². The molecule has 1 aromatic carbocycles. The summed E-state index contributed by atoms with van der Waals surface area (Å²) in [5.74, 6) is 0. The normalized spacial score (nSPS) is 11.3. The first-order chi connectivity index (χ1) is 10.2. The molecule has 4 aromatic rings. The number of nitrogens with zero attached hydrogens (tertiary/aromatic N) is 3. The Morgan fingerprint density at radius 3 is 2.95 bits per heavy atom. The van der Waals surface area contributed by atoms with Crippen LogP contribution in [0, 0.1) is 0 Å². The van der Waals surface area contributed by atoms with E-state index in [-0.39, 0.29) is 10.9 Å². The third-order valence-corrected chi connectivity index (χ3v) is 3.31. The fourth-order valence-corrected chi connectivity index (χ4v) is 2.40.